The van der Waals surface area contributed by atoms with Gasteiger partial charge in [-0.2, -0.15) is 11.8 Å². The van der Waals surface area contributed by atoms with Crippen molar-refractivity contribution in [2.45, 2.75) is 77.4 Å². The van der Waals surface area contributed by atoms with Gasteiger partial charge in [0.05, 0.1) is 17.6 Å². The molecule has 0 aromatic carbocycles. The van der Waals surface area contributed by atoms with Crippen molar-refractivity contribution in [3.63, 3.8) is 0 Å². The first-order valence-corrected chi connectivity index (χ1v) is 14.7. The molecule has 0 aromatic heterocycles. The molecule has 3 fully saturated rings. The van der Waals surface area contributed by atoms with Gasteiger partial charge in [-0.25, -0.2) is 0 Å². The molecule has 0 heterocycles. The van der Waals surface area contributed by atoms with Gasteiger partial charge in [-0.3, -0.25) is 19.2 Å². The summed E-state index contributed by atoms with van der Waals surface area (Å²) in [7, 11) is 0. The van der Waals surface area contributed by atoms with Crippen LogP contribution in [0, 0.1) is 28.6 Å². The van der Waals surface area contributed by atoms with E-state index in [1.807, 2.05) is 19.3 Å². The van der Waals surface area contributed by atoms with Crippen LogP contribution in [0.15, 0.2) is 11.6 Å². The van der Waals surface area contributed by atoms with Gasteiger partial charge in [0.15, 0.2) is 22.3 Å². The van der Waals surface area contributed by atoms with E-state index in [9.17, 15) is 24.3 Å². The third-order valence-corrected chi connectivity index (χ3v) is 10.8. The van der Waals surface area contributed by atoms with Crippen molar-refractivity contribution in [3.8, 4) is 0 Å². The van der Waals surface area contributed by atoms with Crippen LogP contribution in [-0.4, -0.2) is 57.2 Å². The molecule has 0 amide bonds. The van der Waals surface area contributed by atoms with E-state index >= 15 is 0 Å². The minimum atomic E-state index is -1.32. The van der Waals surface area contributed by atoms with Crippen LogP contribution in [0.4, 0.5) is 0 Å². The molecule has 0 saturated heterocycles. The monoisotopic (exact) mass is 508 g/mol. The first kappa shape index (κ1) is 26.0. The molecule has 8 heteroatoms. The van der Waals surface area contributed by atoms with E-state index in [1.54, 1.807) is 0 Å². The molecule has 0 bridgehead atoms. The summed E-state index contributed by atoms with van der Waals surface area (Å²) in [5.74, 6) is 0.0190. The number of rotatable bonds is 6. The summed E-state index contributed by atoms with van der Waals surface area (Å²) in [5.41, 5.74) is -1.07. The fourth-order valence-corrected chi connectivity index (χ4v) is 8.85. The quantitative estimate of drug-likeness (QED) is 0.538. The van der Waals surface area contributed by atoms with Gasteiger partial charge in [-0.05, 0) is 74.0 Å². The largest absolute Gasteiger partial charge is 0.450 e. The summed E-state index contributed by atoms with van der Waals surface area (Å²) >= 11 is 2.31. The summed E-state index contributed by atoms with van der Waals surface area (Å²) in [4.78, 5) is 50.1. The topological polar surface area (TPSA) is 97.7 Å². The molecule has 34 heavy (non-hydrogen) atoms. The molecule has 0 aromatic rings. The van der Waals surface area contributed by atoms with Crippen LogP contribution in [0.1, 0.15) is 65.7 Å². The normalized spacial score (nSPS) is 41.1. The fraction of sp³-hybridized carbons (Fsp3) is 0.769. The number of fused-ring (bicyclic) bond motifs is 5. The maximum Gasteiger partial charge on any atom is 0.316 e. The minimum absolute atomic E-state index is 0.0260. The lowest BCUT2D eigenvalue weighted by Crippen LogP contribution is -2.63. The van der Waals surface area contributed by atoms with Gasteiger partial charge in [0, 0.05) is 18.8 Å². The SMILES string of the molecule is CSCC(=O)O[C@]1(C(=O)CSC(C)=O)CC[C@H]2[C@@H]3CCC4=CC(=O)CC[C@]4(C)[C@H]3[C@@H](O)C[C@@]21C. The first-order chi connectivity index (χ1) is 16.0. The number of aliphatic hydroxyl groups excluding tert-OH is 1. The van der Waals surface area contributed by atoms with Crippen LogP contribution < -0.4 is 0 Å². The molecular weight excluding hydrogens is 472 g/mol. The second kappa shape index (κ2) is 9.40. The molecule has 0 spiro atoms. The highest BCUT2D eigenvalue weighted by Gasteiger charge is 2.70. The second-order valence-electron chi connectivity index (χ2n) is 11.1. The number of thioether (sulfide) groups is 2. The lowest BCUT2D eigenvalue weighted by atomic mass is 9.45. The Morgan fingerprint density at radius 1 is 1.15 bits per heavy atom. The Bertz CT molecular complexity index is 930. The van der Waals surface area contributed by atoms with Gasteiger partial charge in [0.2, 0.25) is 0 Å². The van der Waals surface area contributed by atoms with Gasteiger partial charge in [-0.15, -0.1) is 0 Å². The Labute approximate surface area is 210 Å². The van der Waals surface area contributed by atoms with Crippen molar-refractivity contribution in [1.29, 1.82) is 0 Å². The third kappa shape index (κ3) is 4.01. The molecule has 3 saturated carbocycles. The molecule has 0 unspecified atom stereocenters. The van der Waals surface area contributed by atoms with Crippen molar-refractivity contribution in [2.24, 2.45) is 28.6 Å². The number of carbonyl (C=O) groups is 4. The average Bonchev–Trinajstić information content (AvgIpc) is 3.04. The Balaban J connectivity index is 1.71. The maximum absolute atomic E-state index is 13.7. The van der Waals surface area contributed by atoms with Crippen LogP contribution in [0.2, 0.25) is 0 Å². The zero-order valence-electron chi connectivity index (χ0n) is 20.6. The number of allylic oxidation sites excluding steroid dienone is 1. The first-order valence-electron chi connectivity index (χ1n) is 12.3. The van der Waals surface area contributed by atoms with Gasteiger partial charge in [0.25, 0.3) is 0 Å². The van der Waals surface area contributed by atoms with Crippen molar-refractivity contribution in [3.05, 3.63) is 11.6 Å². The van der Waals surface area contributed by atoms with Gasteiger partial charge in [-0.1, -0.05) is 31.2 Å². The highest BCUT2D eigenvalue weighted by Crippen LogP contribution is 2.68. The molecule has 188 valence electrons. The van der Waals surface area contributed by atoms with Crippen molar-refractivity contribution in [2.75, 3.05) is 17.8 Å². The predicted molar refractivity (Wildman–Crippen MR) is 133 cm³/mol. The molecule has 4 rings (SSSR count). The van der Waals surface area contributed by atoms with E-state index < -0.39 is 23.1 Å². The van der Waals surface area contributed by atoms with Gasteiger partial charge < -0.3 is 9.84 Å². The Morgan fingerprint density at radius 3 is 2.56 bits per heavy atom. The molecule has 6 nitrogen and oxygen atoms in total. The van der Waals surface area contributed by atoms with Crippen molar-refractivity contribution in [1.82, 2.24) is 0 Å². The smallest absolute Gasteiger partial charge is 0.316 e. The van der Waals surface area contributed by atoms with Crippen LogP contribution in [0.3, 0.4) is 0 Å². The molecule has 0 aliphatic heterocycles. The van der Waals surface area contributed by atoms with E-state index in [0.717, 1.165) is 43.0 Å². The lowest BCUT2D eigenvalue weighted by Gasteiger charge is -2.60. The Hall–Kier alpha value is -1.12. The zero-order valence-corrected chi connectivity index (χ0v) is 22.2. The Kier molecular flexibility index (Phi) is 7.17. The number of hydrogen-bond donors (Lipinski definition) is 1. The standard InChI is InChI=1S/C26H36O6S2/c1-15(27)34-13-21(30)26(32-22(31)14-33-4)10-8-19-18-6-5-16-11-17(28)7-9-24(16,2)23(18)20(29)12-25(19,26)3/h11,18-20,23,29H,5-10,12-14H2,1-4H3/t18-,19-,20-,23+,24-,25-,26-/m0/s1. The summed E-state index contributed by atoms with van der Waals surface area (Å²) in [6, 6.07) is 0. The maximum atomic E-state index is 13.7. The summed E-state index contributed by atoms with van der Waals surface area (Å²) in [6.07, 6.45) is 7.48. The number of carbonyl (C=O) groups excluding carboxylic acids is 4. The molecule has 7 atom stereocenters. The fourth-order valence-electron chi connectivity index (χ4n) is 7.98. The number of ether oxygens (including phenoxy) is 1. The zero-order chi connectivity index (χ0) is 24.9. The van der Waals surface area contributed by atoms with Crippen LogP contribution in [0.25, 0.3) is 0 Å². The van der Waals surface area contributed by atoms with Crippen LogP contribution in [-0.2, 0) is 23.9 Å². The van der Waals surface area contributed by atoms with Gasteiger partial charge in [0.1, 0.15) is 0 Å². The number of Topliss-reactive ketones (excluding diaryl/α,β-unsaturated/α-hetero) is 1. The lowest BCUT2D eigenvalue weighted by molar-refractivity contribution is -0.198. The number of hydrogen-bond acceptors (Lipinski definition) is 8. The highest BCUT2D eigenvalue weighted by atomic mass is 32.2. The van der Waals surface area contributed by atoms with Crippen molar-refractivity contribution < 1.29 is 29.0 Å². The molecule has 0 radical (unpaired) electrons. The predicted octanol–water partition coefficient (Wildman–Crippen LogP) is 3.98. The second-order valence-corrected chi connectivity index (χ2v) is 13.1. The summed E-state index contributed by atoms with van der Waals surface area (Å²) in [6.45, 7) is 5.65. The van der Waals surface area contributed by atoms with Crippen LogP contribution >= 0.6 is 23.5 Å². The number of ketones is 2. The Morgan fingerprint density at radius 2 is 1.88 bits per heavy atom. The van der Waals surface area contributed by atoms with E-state index in [2.05, 4.69) is 6.92 Å². The number of aliphatic hydroxyl groups is 1. The third-order valence-electron chi connectivity index (χ3n) is 9.42. The molecule has 4 aliphatic carbocycles. The van der Waals surface area contributed by atoms with Crippen LogP contribution in [0.5, 0.6) is 0 Å². The minimum Gasteiger partial charge on any atom is -0.450 e. The van der Waals surface area contributed by atoms with Crippen molar-refractivity contribution >= 4 is 46.2 Å². The molecule has 1 N–H and O–H groups in total. The highest BCUT2D eigenvalue weighted by molar-refractivity contribution is 8.14. The van der Waals surface area contributed by atoms with E-state index in [1.165, 1.54) is 18.7 Å². The average molecular weight is 509 g/mol. The molecular formula is C26H36O6S2. The molecule has 4 aliphatic rings. The van der Waals surface area contributed by atoms with Gasteiger partial charge >= 0.3 is 5.97 Å². The summed E-state index contributed by atoms with van der Waals surface area (Å²) < 4.78 is 6.08. The van der Waals surface area contributed by atoms with E-state index in [0.29, 0.717) is 19.3 Å². The summed E-state index contributed by atoms with van der Waals surface area (Å²) in [5, 5.41) is 11.5. The van der Waals surface area contributed by atoms with E-state index in [-0.39, 0.29) is 51.4 Å². The van der Waals surface area contributed by atoms with E-state index in [4.69, 9.17) is 4.74 Å². The number of esters is 1.